The van der Waals surface area contributed by atoms with Crippen molar-refractivity contribution in [1.29, 1.82) is 0 Å². The van der Waals surface area contributed by atoms with Crippen molar-refractivity contribution in [1.82, 2.24) is 10.2 Å². The van der Waals surface area contributed by atoms with E-state index in [4.69, 9.17) is 4.42 Å². The second-order valence-electron chi connectivity index (χ2n) is 4.81. The summed E-state index contributed by atoms with van der Waals surface area (Å²) in [5.41, 5.74) is 0.148. The smallest absolute Gasteiger partial charge is 0.319 e. The second kappa shape index (κ2) is 6.90. The van der Waals surface area contributed by atoms with Crippen molar-refractivity contribution in [3.63, 3.8) is 0 Å². The Hall–Kier alpha value is -2.34. The van der Waals surface area contributed by atoms with Crippen molar-refractivity contribution in [3.05, 3.63) is 54.2 Å². The first kappa shape index (κ1) is 15.1. The number of benzene rings is 1. The van der Waals surface area contributed by atoms with Crippen molar-refractivity contribution in [2.24, 2.45) is 0 Å². The van der Waals surface area contributed by atoms with Gasteiger partial charge in [-0.2, -0.15) is 0 Å². The Labute approximate surface area is 122 Å². The SMILES string of the molecule is CN(C)[C@H](CNC(=O)Nc1ccccc1F)c1ccco1. The molecule has 0 spiro atoms. The third-order valence-electron chi connectivity index (χ3n) is 3.07. The third-order valence-corrected chi connectivity index (χ3v) is 3.07. The molecule has 1 heterocycles. The Morgan fingerprint density at radius 2 is 2.05 bits per heavy atom. The zero-order valence-electron chi connectivity index (χ0n) is 12.0. The highest BCUT2D eigenvalue weighted by Gasteiger charge is 2.18. The predicted octanol–water partition coefficient (Wildman–Crippen LogP) is 2.84. The first-order valence-corrected chi connectivity index (χ1v) is 6.57. The monoisotopic (exact) mass is 291 g/mol. The molecule has 0 bridgehead atoms. The lowest BCUT2D eigenvalue weighted by atomic mass is 10.2. The summed E-state index contributed by atoms with van der Waals surface area (Å²) >= 11 is 0. The molecule has 1 aromatic heterocycles. The van der Waals surface area contributed by atoms with E-state index in [9.17, 15) is 9.18 Å². The van der Waals surface area contributed by atoms with Gasteiger partial charge in [0, 0.05) is 6.54 Å². The number of carbonyl (C=O) groups excluding carboxylic acids is 1. The van der Waals surface area contributed by atoms with E-state index < -0.39 is 11.8 Å². The molecule has 0 radical (unpaired) electrons. The van der Waals surface area contributed by atoms with E-state index in [1.807, 2.05) is 25.1 Å². The molecule has 0 fully saturated rings. The minimum Gasteiger partial charge on any atom is -0.468 e. The van der Waals surface area contributed by atoms with E-state index in [1.54, 1.807) is 24.5 Å². The van der Waals surface area contributed by atoms with Crippen molar-refractivity contribution < 1.29 is 13.6 Å². The zero-order valence-corrected chi connectivity index (χ0v) is 12.0. The average molecular weight is 291 g/mol. The van der Waals surface area contributed by atoms with Crippen molar-refractivity contribution in [3.8, 4) is 0 Å². The van der Waals surface area contributed by atoms with Crippen LogP contribution in [0.3, 0.4) is 0 Å². The maximum absolute atomic E-state index is 13.4. The number of furan rings is 1. The molecule has 2 N–H and O–H groups in total. The van der Waals surface area contributed by atoms with Crippen molar-refractivity contribution in [2.75, 3.05) is 26.0 Å². The minimum atomic E-state index is -0.470. The van der Waals surface area contributed by atoms with Gasteiger partial charge in [-0.05, 0) is 38.4 Å². The molecule has 0 saturated heterocycles. The van der Waals surface area contributed by atoms with Gasteiger partial charge in [-0.25, -0.2) is 9.18 Å². The fraction of sp³-hybridized carbons (Fsp3) is 0.267. The average Bonchev–Trinajstić information content (AvgIpc) is 2.95. The molecule has 5 nitrogen and oxygen atoms in total. The molecule has 2 amide bonds. The van der Waals surface area contributed by atoms with Gasteiger partial charge in [-0.15, -0.1) is 0 Å². The van der Waals surface area contributed by atoms with Crippen LogP contribution in [0.2, 0.25) is 0 Å². The van der Waals surface area contributed by atoms with E-state index >= 15 is 0 Å². The van der Waals surface area contributed by atoms with Crippen LogP contribution >= 0.6 is 0 Å². The lowest BCUT2D eigenvalue weighted by Crippen LogP contribution is -2.36. The number of amides is 2. The summed E-state index contributed by atoms with van der Waals surface area (Å²) in [5.74, 6) is 0.286. The van der Waals surface area contributed by atoms with Crippen LogP contribution in [0.5, 0.6) is 0 Å². The van der Waals surface area contributed by atoms with Gasteiger partial charge in [-0.3, -0.25) is 4.90 Å². The van der Waals surface area contributed by atoms with Gasteiger partial charge < -0.3 is 15.1 Å². The van der Waals surface area contributed by atoms with Gasteiger partial charge in [0.2, 0.25) is 0 Å². The molecule has 0 unspecified atom stereocenters. The Kier molecular flexibility index (Phi) is 4.94. The number of urea groups is 1. The Morgan fingerprint density at radius 3 is 2.67 bits per heavy atom. The van der Waals surface area contributed by atoms with Crippen LogP contribution in [0.4, 0.5) is 14.9 Å². The number of nitrogens with one attached hydrogen (secondary N) is 2. The number of hydrogen-bond acceptors (Lipinski definition) is 3. The van der Waals surface area contributed by atoms with E-state index in [2.05, 4.69) is 10.6 Å². The van der Waals surface area contributed by atoms with Gasteiger partial charge in [0.05, 0.1) is 18.0 Å². The standard InChI is InChI=1S/C15H18FN3O2/c1-19(2)13(14-8-5-9-21-14)10-17-15(20)18-12-7-4-3-6-11(12)16/h3-9,13H,10H2,1-2H3,(H2,17,18,20)/t13-/m1/s1. The Balaban J connectivity index is 1.92. The number of halogens is 1. The normalized spacial score (nSPS) is 12.2. The third kappa shape index (κ3) is 4.06. The van der Waals surface area contributed by atoms with E-state index in [1.165, 1.54) is 12.1 Å². The first-order chi connectivity index (χ1) is 10.1. The lowest BCUT2D eigenvalue weighted by molar-refractivity contribution is 0.233. The van der Waals surface area contributed by atoms with Gasteiger partial charge in [0.15, 0.2) is 0 Å². The van der Waals surface area contributed by atoms with E-state index in [0.717, 1.165) is 5.76 Å². The number of anilines is 1. The number of hydrogen-bond donors (Lipinski definition) is 2. The fourth-order valence-corrected chi connectivity index (χ4v) is 1.94. The van der Waals surface area contributed by atoms with E-state index in [-0.39, 0.29) is 11.7 Å². The van der Waals surface area contributed by atoms with Crippen LogP contribution < -0.4 is 10.6 Å². The second-order valence-corrected chi connectivity index (χ2v) is 4.81. The van der Waals surface area contributed by atoms with E-state index in [0.29, 0.717) is 6.54 Å². The summed E-state index contributed by atoms with van der Waals surface area (Å²) in [6.07, 6.45) is 1.59. The quantitative estimate of drug-likeness (QED) is 0.890. The Morgan fingerprint density at radius 1 is 1.29 bits per heavy atom. The van der Waals surface area contributed by atoms with Crippen LogP contribution in [0.1, 0.15) is 11.8 Å². The molecule has 1 aromatic carbocycles. The topological polar surface area (TPSA) is 57.5 Å². The van der Waals surface area contributed by atoms with Crippen molar-refractivity contribution >= 4 is 11.7 Å². The molecule has 1 atom stereocenters. The lowest BCUT2D eigenvalue weighted by Gasteiger charge is -2.22. The first-order valence-electron chi connectivity index (χ1n) is 6.57. The molecule has 2 aromatic rings. The summed E-state index contributed by atoms with van der Waals surface area (Å²) in [6, 6.07) is 9.12. The highest BCUT2D eigenvalue weighted by molar-refractivity contribution is 5.89. The maximum Gasteiger partial charge on any atom is 0.319 e. The molecule has 21 heavy (non-hydrogen) atoms. The Bertz CT molecular complexity index is 584. The number of rotatable bonds is 5. The van der Waals surface area contributed by atoms with Gasteiger partial charge in [0.25, 0.3) is 0 Å². The fourth-order valence-electron chi connectivity index (χ4n) is 1.94. The summed E-state index contributed by atoms with van der Waals surface area (Å²) in [5, 5.41) is 5.19. The van der Waals surface area contributed by atoms with Crippen molar-refractivity contribution in [2.45, 2.75) is 6.04 Å². The maximum atomic E-state index is 13.4. The molecule has 112 valence electrons. The predicted molar refractivity (Wildman–Crippen MR) is 78.6 cm³/mol. The molecule has 0 aliphatic carbocycles. The number of likely N-dealkylation sites (N-methyl/N-ethyl adjacent to an activating group) is 1. The summed E-state index contributed by atoms with van der Waals surface area (Å²) in [7, 11) is 3.78. The molecule has 2 rings (SSSR count). The number of carbonyl (C=O) groups is 1. The molecular weight excluding hydrogens is 273 g/mol. The molecule has 0 saturated carbocycles. The van der Waals surface area contributed by atoms with Crippen LogP contribution in [-0.4, -0.2) is 31.6 Å². The number of para-hydroxylation sites is 1. The van der Waals surface area contributed by atoms with Gasteiger partial charge >= 0.3 is 6.03 Å². The minimum absolute atomic E-state index is 0.0913. The van der Waals surface area contributed by atoms with Crippen LogP contribution in [0, 0.1) is 5.82 Å². The van der Waals surface area contributed by atoms with Crippen LogP contribution in [-0.2, 0) is 0 Å². The summed E-state index contributed by atoms with van der Waals surface area (Å²) in [6.45, 7) is 0.348. The zero-order chi connectivity index (χ0) is 15.2. The van der Waals surface area contributed by atoms with Gasteiger partial charge in [-0.1, -0.05) is 12.1 Å². The molecule has 6 heteroatoms. The highest BCUT2D eigenvalue weighted by atomic mass is 19.1. The largest absolute Gasteiger partial charge is 0.468 e. The summed E-state index contributed by atoms with van der Waals surface area (Å²) in [4.78, 5) is 13.8. The highest BCUT2D eigenvalue weighted by Crippen LogP contribution is 2.17. The molecule has 0 aliphatic rings. The van der Waals surface area contributed by atoms with Crippen LogP contribution in [0.25, 0.3) is 0 Å². The molecule has 0 aliphatic heterocycles. The van der Waals surface area contributed by atoms with Gasteiger partial charge in [0.1, 0.15) is 11.6 Å². The van der Waals surface area contributed by atoms with Crippen LogP contribution in [0.15, 0.2) is 47.1 Å². The number of nitrogens with zero attached hydrogens (tertiary/aromatic N) is 1. The molecular formula is C15H18FN3O2. The summed E-state index contributed by atoms with van der Waals surface area (Å²) < 4.78 is 18.8.